The van der Waals surface area contributed by atoms with Crippen LogP contribution < -0.4 is 10.1 Å². The van der Waals surface area contributed by atoms with E-state index in [1.165, 1.54) is 0 Å². The van der Waals surface area contributed by atoms with Crippen molar-refractivity contribution in [3.8, 4) is 5.75 Å². The maximum absolute atomic E-state index is 11.9. The number of rotatable bonds is 2. The molecule has 1 aliphatic rings. The topological polar surface area (TPSA) is 67.0 Å². The molecule has 86 valence electrons. The molecule has 1 aliphatic heterocycles. The molecule has 0 unspecified atom stereocenters. The van der Waals surface area contributed by atoms with Crippen molar-refractivity contribution in [2.45, 2.75) is 6.42 Å². The number of fused-ring (bicyclic) bond motifs is 1. The maximum Gasteiger partial charge on any atom is 0.257 e. The Morgan fingerprint density at radius 3 is 3.24 bits per heavy atom. The molecular weight excluding hydrogens is 218 g/mol. The molecule has 0 bridgehead atoms. The highest BCUT2D eigenvalue weighted by atomic mass is 16.5. The number of amides is 1. The molecule has 2 aromatic rings. The van der Waals surface area contributed by atoms with Crippen LogP contribution in [0.3, 0.4) is 0 Å². The van der Waals surface area contributed by atoms with Gasteiger partial charge in [0.2, 0.25) is 5.95 Å². The van der Waals surface area contributed by atoms with Crippen LogP contribution in [0, 0.1) is 0 Å². The van der Waals surface area contributed by atoms with E-state index in [4.69, 9.17) is 4.74 Å². The largest absolute Gasteiger partial charge is 0.493 e. The standard InChI is InChI=1S/C12H11N3O2/c16-11(15-12-13-4-5-14-12)9-1-2-10-8(7-9)3-6-17-10/h1-2,4-5,7H,3,6H2,(H2,13,14,15,16). The number of ether oxygens (including phenoxy) is 1. The number of aromatic amines is 1. The molecule has 0 aliphatic carbocycles. The molecule has 0 spiro atoms. The summed E-state index contributed by atoms with van der Waals surface area (Å²) in [6.07, 6.45) is 4.11. The van der Waals surface area contributed by atoms with E-state index >= 15 is 0 Å². The van der Waals surface area contributed by atoms with Gasteiger partial charge in [-0.1, -0.05) is 0 Å². The van der Waals surface area contributed by atoms with E-state index in [2.05, 4.69) is 15.3 Å². The molecule has 0 fully saturated rings. The average Bonchev–Trinajstić information content (AvgIpc) is 2.97. The van der Waals surface area contributed by atoms with E-state index in [0.29, 0.717) is 18.1 Å². The smallest absolute Gasteiger partial charge is 0.257 e. The van der Waals surface area contributed by atoms with Crippen LogP contribution in [0.5, 0.6) is 5.75 Å². The van der Waals surface area contributed by atoms with E-state index < -0.39 is 0 Å². The van der Waals surface area contributed by atoms with Crippen LogP contribution in [0.15, 0.2) is 30.6 Å². The summed E-state index contributed by atoms with van der Waals surface area (Å²) in [6, 6.07) is 5.45. The lowest BCUT2D eigenvalue weighted by Crippen LogP contribution is -2.13. The van der Waals surface area contributed by atoms with E-state index in [-0.39, 0.29) is 5.91 Å². The third-order valence-electron chi connectivity index (χ3n) is 2.68. The maximum atomic E-state index is 11.9. The Labute approximate surface area is 97.8 Å². The molecule has 0 saturated heterocycles. The molecule has 1 aromatic heterocycles. The van der Waals surface area contributed by atoms with E-state index in [9.17, 15) is 4.79 Å². The van der Waals surface area contributed by atoms with Crippen molar-refractivity contribution in [2.24, 2.45) is 0 Å². The number of hydrogen-bond acceptors (Lipinski definition) is 3. The molecular formula is C12H11N3O2. The molecule has 3 rings (SSSR count). The number of nitrogens with zero attached hydrogens (tertiary/aromatic N) is 1. The van der Waals surface area contributed by atoms with Gasteiger partial charge in [-0.3, -0.25) is 10.1 Å². The Hall–Kier alpha value is -2.30. The lowest BCUT2D eigenvalue weighted by molar-refractivity contribution is 0.102. The summed E-state index contributed by atoms with van der Waals surface area (Å²) >= 11 is 0. The first-order valence-electron chi connectivity index (χ1n) is 5.39. The lowest BCUT2D eigenvalue weighted by atomic mass is 10.1. The summed E-state index contributed by atoms with van der Waals surface area (Å²) in [5, 5.41) is 2.68. The zero-order chi connectivity index (χ0) is 11.7. The van der Waals surface area contributed by atoms with Gasteiger partial charge in [-0.15, -0.1) is 0 Å². The van der Waals surface area contributed by atoms with Gasteiger partial charge < -0.3 is 9.72 Å². The van der Waals surface area contributed by atoms with Crippen molar-refractivity contribution < 1.29 is 9.53 Å². The molecule has 0 saturated carbocycles. The summed E-state index contributed by atoms with van der Waals surface area (Å²) in [6.45, 7) is 0.693. The van der Waals surface area contributed by atoms with Gasteiger partial charge >= 0.3 is 0 Å². The van der Waals surface area contributed by atoms with Gasteiger partial charge in [-0.05, 0) is 23.8 Å². The van der Waals surface area contributed by atoms with Crippen molar-refractivity contribution in [3.05, 3.63) is 41.7 Å². The molecule has 2 heterocycles. The molecule has 17 heavy (non-hydrogen) atoms. The van der Waals surface area contributed by atoms with E-state index in [0.717, 1.165) is 17.7 Å². The number of imidazole rings is 1. The molecule has 0 radical (unpaired) electrons. The molecule has 2 N–H and O–H groups in total. The number of anilines is 1. The van der Waals surface area contributed by atoms with Gasteiger partial charge in [0.15, 0.2) is 0 Å². The average molecular weight is 229 g/mol. The molecule has 1 aromatic carbocycles. The number of hydrogen-bond donors (Lipinski definition) is 2. The molecule has 5 nitrogen and oxygen atoms in total. The number of carbonyl (C=O) groups is 1. The second kappa shape index (κ2) is 3.93. The van der Waals surface area contributed by atoms with Gasteiger partial charge in [0.25, 0.3) is 5.91 Å². The summed E-state index contributed by atoms with van der Waals surface area (Å²) in [4.78, 5) is 18.7. The summed E-state index contributed by atoms with van der Waals surface area (Å²) < 4.78 is 5.39. The fraction of sp³-hybridized carbons (Fsp3) is 0.167. The quantitative estimate of drug-likeness (QED) is 0.821. The summed E-state index contributed by atoms with van der Waals surface area (Å²) in [5.74, 6) is 1.15. The molecule has 0 atom stereocenters. The first-order chi connectivity index (χ1) is 8.33. The minimum Gasteiger partial charge on any atom is -0.493 e. The van der Waals surface area contributed by atoms with E-state index in [1.54, 1.807) is 18.5 Å². The SMILES string of the molecule is O=C(Nc1ncc[nH]1)c1ccc2c(c1)CCO2. The van der Waals surface area contributed by atoms with Crippen LogP contribution in [0.4, 0.5) is 5.95 Å². The predicted molar refractivity (Wildman–Crippen MR) is 62.2 cm³/mol. The second-order valence-electron chi connectivity index (χ2n) is 3.81. The van der Waals surface area contributed by atoms with Crippen molar-refractivity contribution in [3.63, 3.8) is 0 Å². The van der Waals surface area contributed by atoms with Gasteiger partial charge in [0, 0.05) is 24.4 Å². The summed E-state index contributed by atoms with van der Waals surface area (Å²) in [7, 11) is 0. The van der Waals surface area contributed by atoms with Gasteiger partial charge in [0.1, 0.15) is 5.75 Å². The van der Waals surface area contributed by atoms with Crippen LogP contribution in [0.2, 0.25) is 0 Å². The number of nitrogens with one attached hydrogen (secondary N) is 2. The Balaban J connectivity index is 1.82. The normalized spacial score (nSPS) is 12.9. The van der Waals surface area contributed by atoms with Crippen LogP contribution in [-0.2, 0) is 6.42 Å². The number of H-pyrrole nitrogens is 1. The Morgan fingerprint density at radius 1 is 1.47 bits per heavy atom. The number of aromatic nitrogens is 2. The number of benzene rings is 1. The first kappa shape index (κ1) is 9.89. The van der Waals surface area contributed by atoms with Gasteiger partial charge in [-0.25, -0.2) is 4.98 Å². The second-order valence-corrected chi connectivity index (χ2v) is 3.81. The van der Waals surface area contributed by atoms with Crippen molar-refractivity contribution in [1.29, 1.82) is 0 Å². The van der Waals surface area contributed by atoms with Crippen LogP contribution >= 0.6 is 0 Å². The first-order valence-corrected chi connectivity index (χ1v) is 5.39. The van der Waals surface area contributed by atoms with Gasteiger partial charge in [0.05, 0.1) is 6.61 Å². The zero-order valence-electron chi connectivity index (χ0n) is 9.06. The monoisotopic (exact) mass is 229 g/mol. The van der Waals surface area contributed by atoms with Crippen molar-refractivity contribution >= 4 is 11.9 Å². The third-order valence-corrected chi connectivity index (χ3v) is 2.68. The number of carbonyl (C=O) groups excluding carboxylic acids is 1. The minimum absolute atomic E-state index is 0.172. The van der Waals surface area contributed by atoms with Crippen molar-refractivity contribution in [2.75, 3.05) is 11.9 Å². The molecule has 5 heteroatoms. The highest BCUT2D eigenvalue weighted by molar-refractivity contribution is 6.03. The fourth-order valence-electron chi connectivity index (χ4n) is 1.84. The highest BCUT2D eigenvalue weighted by Crippen LogP contribution is 2.25. The Kier molecular flexibility index (Phi) is 2.29. The van der Waals surface area contributed by atoms with Gasteiger partial charge in [-0.2, -0.15) is 0 Å². The summed E-state index contributed by atoms with van der Waals surface area (Å²) in [5.41, 5.74) is 1.70. The highest BCUT2D eigenvalue weighted by Gasteiger charge is 2.15. The lowest BCUT2D eigenvalue weighted by Gasteiger charge is -2.04. The van der Waals surface area contributed by atoms with E-state index in [1.807, 2.05) is 12.1 Å². The van der Waals surface area contributed by atoms with Crippen LogP contribution in [0.1, 0.15) is 15.9 Å². The molecule has 1 amide bonds. The minimum atomic E-state index is -0.172. The Bertz CT molecular complexity index is 549. The van der Waals surface area contributed by atoms with Crippen LogP contribution in [-0.4, -0.2) is 22.5 Å². The predicted octanol–water partition coefficient (Wildman–Crippen LogP) is 1.60. The fourth-order valence-corrected chi connectivity index (χ4v) is 1.84. The third kappa shape index (κ3) is 1.87. The zero-order valence-corrected chi connectivity index (χ0v) is 9.06. The van der Waals surface area contributed by atoms with Crippen LogP contribution in [0.25, 0.3) is 0 Å². The van der Waals surface area contributed by atoms with Crippen molar-refractivity contribution in [1.82, 2.24) is 9.97 Å². The Morgan fingerprint density at radius 2 is 2.41 bits per heavy atom.